The van der Waals surface area contributed by atoms with Crippen molar-refractivity contribution in [1.82, 2.24) is 19.8 Å². The maximum Gasteiger partial charge on any atom is 0.185 e. The van der Waals surface area contributed by atoms with E-state index < -0.39 is 0 Å². The zero-order valence-electron chi connectivity index (χ0n) is 16.2. The molecule has 0 unspecified atom stereocenters. The van der Waals surface area contributed by atoms with Gasteiger partial charge in [-0.3, -0.25) is 4.79 Å². The lowest BCUT2D eigenvalue weighted by molar-refractivity contribution is 0.102. The average Bonchev–Trinajstić information content (AvgIpc) is 3.20. The summed E-state index contributed by atoms with van der Waals surface area (Å²) >= 11 is 7.23. The first-order valence-electron chi connectivity index (χ1n) is 8.95. The van der Waals surface area contributed by atoms with Crippen LogP contribution in [0.5, 0.6) is 11.5 Å². The Balaban J connectivity index is 1.58. The van der Waals surface area contributed by atoms with Crippen LogP contribution in [0.2, 0.25) is 5.02 Å². The minimum Gasteiger partial charge on any atom is -0.493 e. The van der Waals surface area contributed by atoms with Crippen molar-refractivity contribution in [2.45, 2.75) is 5.03 Å². The molecule has 0 bridgehead atoms. The van der Waals surface area contributed by atoms with E-state index in [1.807, 2.05) is 24.3 Å². The van der Waals surface area contributed by atoms with Crippen LogP contribution in [0.25, 0.3) is 17.0 Å². The molecule has 30 heavy (non-hydrogen) atoms. The molecule has 0 aliphatic carbocycles. The molecule has 9 heteroatoms. The number of nitrogens with zero attached hydrogens (tertiary/aromatic N) is 4. The summed E-state index contributed by atoms with van der Waals surface area (Å²) in [6.45, 7) is 0. The van der Waals surface area contributed by atoms with Crippen LogP contribution in [0, 0.1) is 0 Å². The van der Waals surface area contributed by atoms with E-state index in [1.54, 1.807) is 49.1 Å². The fourth-order valence-corrected chi connectivity index (χ4v) is 3.74. The highest BCUT2D eigenvalue weighted by Crippen LogP contribution is 2.31. The van der Waals surface area contributed by atoms with Crippen molar-refractivity contribution in [1.29, 1.82) is 0 Å². The normalized spacial score (nSPS) is 10.9. The molecule has 7 nitrogen and oxygen atoms in total. The molecule has 4 rings (SSSR count). The Hall–Kier alpha value is -3.10. The van der Waals surface area contributed by atoms with Crippen molar-refractivity contribution >= 4 is 34.8 Å². The maximum absolute atomic E-state index is 12.4. The monoisotopic (exact) mass is 440 g/mol. The maximum atomic E-state index is 12.4. The van der Waals surface area contributed by atoms with Crippen molar-refractivity contribution < 1.29 is 14.3 Å². The third-order valence-electron chi connectivity index (χ3n) is 4.40. The Labute approximate surface area is 182 Å². The van der Waals surface area contributed by atoms with Gasteiger partial charge < -0.3 is 9.47 Å². The van der Waals surface area contributed by atoms with E-state index >= 15 is 0 Å². The Bertz CT molecular complexity index is 1210. The number of hydrogen-bond acceptors (Lipinski definition) is 7. The lowest BCUT2D eigenvalue weighted by Crippen LogP contribution is -2.03. The minimum atomic E-state index is 0.00225. The number of halogens is 1. The second-order valence-corrected chi connectivity index (χ2v) is 7.69. The van der Waals surface area contributed by atoms with E-state index in [0.717, 1.165) is 5.56 Å². The summed E-state index contributed by atoms with van der Waals surface area (Å²) in [5.41, 5.74) is 2.00. The third-order valence-corrected chi connectivity index (χ3v) is 5.57. The molecule has 4 aromatic rings. The van der Waals surface area contributed by atoms with Crippen LogP contribution in [0.1, 0.15) is 10.4 Å². The molecule has 2 aromatic carbocycles. The molecule has 0 spiro atoms. The van der Waals surface area contributed by atoms with Crippen LogP contribution < -0.4 is 9.47 Å². The first-order valence-corrected chi connectivity index (χ1v) is 10.3. The fourth-order valence-electron chi connectivity index (χ4n) is 2.86. The zero-order chi connectivity index (χ0) is 21.1. The number of aromatic nitrogens is 4. The molecular weight excluding hydrogens is 424 g/mol. The topological polar surface area (TPSA) is 78.6 Å². The lowest BCUT2D eigenvalue weighted by atomic mass is 10.1. The molecule has 0 aliphatic rings. The Morgan fingerprint density at radius 3 is 2.50 bits per heavy atom. The fraction of sp³-hybridized carbons (Fsp3) is 0.143. The molecule has 2 heterocycles. The van der Waals surface area contributed by atoms with Crippen LogP contribution >= 0.6 is 23.4 Å². The van der Waals surface area contributed by atoms with Gasteiger partial charge in [0.25, 0.3) is 0 Å². The van der Waals surface area contributed by atoms with Gasteiger partial charge >= 0.3 is 0 Å². The number of Topliss-reactive ketones (excluding diaryl/α,β-unsaturated/α-hetero) is 1. The van der Waals surface area contributed by atoms with Gasteiger partial charge in [-0.1, -0.05) is 23.4 Å². The van der Waals surface area contributed by atoms with Gasteiger partial charge in [0.2, 0.25) is 0 Å². The van der Waals surface area contributed by atoms with Gasteiger partial charge in [-0.25, -0.2) is 0 Å². The SMILES string of the molecule is COc1ccc(-c2nnc3ccc(SCC(=O)c4ccc(Cl)cc4)nn23)cc1OC. The predicted octanol–water partition coefficient (Wildman–Crippen LogP) is 4.44. The number of ether oxygens (including phenoxy) is 2. The van der Waals surface area contributed by atoms with Gasteiger partial charge in [0.05, 0.1) is 20.0 Å². The number of methoxy groups -OCH3 is 2. The predicted molar refractivity (Wildman–Crippen MR) is 116 cm³/mol. The van der Waals surface area contributed by atoms with E-state index in [9.17, 15) is 4.79 Å². The number of ketones is 1. The highest BCUT2D eigenvalue weighted by atomic mass is 35.5. The number of fused-ring (bicyclic) bond motifs is 1. The van der Waals surface area contributed by atoms with Gasteiger partial charge in [-0.05, 0) is 54.6 Å². The summed E-state index contributed by atoms with van der Waals surface area (Å²) in [5.74, 6) is 2.04. The number of thioether (sulfide) groups is 1. The highest BCUT2D eigenvalue weighted by molar-refractivity contribution is 7.99. The van der Waals surface area contributed by atoms with Gasteiger partial charge in [-0.2, -0.15) is 9.61 Å². The molecule has 0 saturated carbocycles. The zero-order valence-corrected chi connectivity index (χ0v) is 17.8. The number of benzene rings is 2. The van der Waals surface area contributed by atoms with Crippen LogP contribution in [-0.2, 0) is 0 Å². The van der Waals surface area contributed by atoms with Gasteiger partial charge in [0, 0.05) is 16.1 Å². The second-order valence-electron chi connectivity index (χ2n) is 6.25. The number of carbonyl (C=O) groups excluding carboxylic acids is 1. The summed E-state index contributed by atoms with van der Waals surface area (Å²) in [4.78, 5) is 12.4. The largest absolute Gasteiger partial charge is 0.493 e. The van der Waals surface area contributed by atoms with E-state index in [0.29, 0.717) is 38.6 Å². The summed E-state index contributed by atoms with van der Waals surface area (Å²) in [6, 6.07) is 16.0. The molecule has 152 valence electrons. The minimum absolute atomic E-state index is 0.00225. The van der Waals surface area contributed by atoms with E-state index in [-0.39, 0.29) is 11.5 Å². The van der Waals surface area contributed by atoms with Gasteiger partial charge in [0.1, 0.15) is 5.03 Å². The van der Waals surface area contributed by atoms with Gasteiger partial charge in [0.15, 0.2) is 28.8 Å². The second kappa shape index (κ2) is 8.73. The molecule has 0 radical (unpaired) electrons. The van der Waals surface area contributed by atoms with E-state index in [1.165, 1.54) is 11.8 Å². The van der Waals surface area contributed by atoms with Crippen molar-refractivity contribution in [3.8, 4) is 22.9 Å². The standard InChI is InChI=1S/C21H17ClN4O3S/c1-28-17-8-5-14(11-18(17)29-2)21-24-23-19-9-10-20(25-26(19)21)30-12-16(27)13-3-6-15(22)7-4-13/h3-11H,12H2,1-2H3. The van der Waals surface area contributed by atoms with Crippen LogP contribution in [0.15, 0.2) is 59.6 Å². The first kappa shape index (κ1) is 20.2. The molecule has 2 aromatic heterocycles. The van der Waals surface area contributed by atoms with Crippen molar-refractivity contribution in [3.05, 3.63) is 65.2 Å². The number of hydrogen-bond donors (Lipinski definition) is 0. The first-order chi connectivity index (χ1) is 14.6. The van der Waals surface area contributed by atoms with E-state index in [2.05, 4.69) is 15.3 Å². The molecule has 0 fully saturated rings. The molecule has 0 N–H and O–H groups in total. The average molecular weight is 441 g/mol. The quantitative estimate of drug-likeness (QED) is 0.310. The van der Waals surface area contributed by atoms with Crippen LogP contribution in [0.3, 0.4) is 0 Å². The van der Waals surface area contributed by atoms with Crippen LogP contribution in [0.4, 0.5) is 0 Å². The van der Waals surface area contributed by atoms with Crippen molar-refractivity contribution in [2.24, 2.45) is 0 Å². The molecular formula is C21H17ClN4O3S. The highest BCUT2D eigenvalue weighted by Gasteiger charge is 2.14. The molecule has 0 aliphatic heterocycles. The summed E-state index contributed by atoms with van der Waals surface area (Å²) in [5, 5.41) is 14.3. The van der Waals surface area contributed by atoms with Crippen molar-refractivity contribution in [3.63, 3.8) is 0 Å². The third kappa shape index (κ3) is 4.10. The van der Waals surface area contributed by atoms with E-state index in [4.69, 9.17) is 21.1 Å². The lowest BCUT2D eigenvalue weighted by Gasteiger charge is -2.08. The molecule has 0 amide bonds. The number of carbonyl (C=O) groups is 1. The summed E-state index contributed by atoms with van der Waals surface area (Å²) in [6.07, 6.45) is 0. The Kier molecular flexibility index (Phi) is 5.87. The van der Waals surface area contributed by atoms with Crippen molar-refractivity contribution in [2.75, 3.05) is 20.0 Å². The summed E-state index contributed by atoms with van der Waals surface area (Å²) in [7, 11) is 3.16. The molecule has 0 saturated heterocycles. The van der Waals surface area contributed by atoms with Crippen LogP contribution in [-0.4, -0.2) is 45.6 Å². The molecule has 0 atom stereocenters. The van der Waals surface area contributed by atoms with Gasteiger partial charge in [-0.15, -0.1) is 10.2 Å². The number of rotatable bonds is 7. The Morgan fingerprint density at radius 1 is 1.00 bits per heavy atom. The summed E-state index contributed by atoms with van der Waals surface area (Å²) < 4.78 is 12.3. The Morgan fingerprint density at radius 2 is 1.77 bits per heavy atom. The smallest absolute Gasteiger partial charge is 0.185 e.